The highest BCUT2D eigenvalue weighted by molar-refractivity contribution is 5.94. The number of carbonyl (C=O) groups excluding carboxylic acids is 1. The van der Waals surface area contributed by atoms with Crippen molar-refractivity contribution >= 4 is 5.91 Å². The van der Waals surface area contributed by atoms with Crippen LogP contribution in [-0.2, 0) is 6.42 Å². The van der Waals surface area contributed by atoms with Gasteiger partial charge in [-0.3, -0.25) is 4.79 Å². The van der Waals surface area contributed by atoms with E-state index in [-0.39, 0.29) is 11.9 Å². The summed E-state index contributed by atoms with van der Waals surface area (Å²) in [6.07, 6.45) is 4.52. The molecular weight excluding hydrogens is 296 g/mol. The lowest BCUT2D eigenvalue weighted by Gasteiger charge is -2.23. The maximum atomic E-state index is 12.4. The van der Waals surface area contributed by atoms with Crippen LogP contribution in [0, 0.1) is 5.92 Å². The van der Waals surface area contributed by atoms with E-state index in [0.29, 0.717) is 17.5 Å². The number of nitrogens with one attached hydrogen (secondary N) is 2. The van der Waals surface area contributed by atoms with Gasteiger partial charge in [-0.2, -0.15) is 0 Å². The number of benzene rings is 1. The first-order valence-corrected chi connectivity index (χ1v) is 9.18. The first kappa shape index (κ1) is 20.3. The Morgan fingerprint density at radius 1 is 1.08 bits per heavy atom. The third kappa shape index (κ3) is 7.20. The smallest absolute Gasteiger partial charge is 0.251 e. The van der Waals surface area contributed by atoms with Crippen LogP contribution in [0.5, 0.6) is 0 Å². The number of hydrogen-bond donors (Lipinski definition) is 2. The number of carbonyl (C=O) groups is 1. The van der Waals surface area contributed by atoms with Crippen LogP contribution in [-0.4, -0.2) is 18.0 Å². The SMILES string of the molecule is C=C(NC(C)CC(C)C)[C@H](C)NC(=O)c1ccc(CCCC)cc1. The molecule has 1 rings (SSSR count). The number of amides is 1. The highest BCUT2D eigenvalue weighted by atomic mass is 16.1. The Morgan fingerprint density at radius 3 is 2.25 bits per heavy atom. The van der Waals surface area contributed by atoms with E-state index in [9.17, 15) is 4.79 Å². The van der Waals surface area contributed by atoms with Gasteiger partial charge in [0.05, 0.1) is 6.04 Å². The first-order valence-electron chi connectivity index (χ1n) is 9.18. The van der Waals surface area contributed by atoms with Crippen LogP contribution in [0.25, 0.3) is 0 Å². The molecule has 0 fully saturated rings. The standard InChI is InChI=1S/C21H34N2O/c1-7-8-9-19-10-12-20(13-11-19)21(24)23-18(6)17(5)22-16(4)14-15(2)3/h10-13,15-16,18,22H,5,7-9,14H2,1-4,6H3,(H,23,24)/t16?,18-/m0/s1. The average molecular weight is 331 g/mol. The Balaban J connectivity index is 2.52. The van der Waals surface area contributed by atoms with E-state index < -0.39 is 0 Å². The van der Waals surface area contributed by atoms with E-state index in [1.165, 1.54) is 18.4 Å². The summed E-state index contributed by atoms with van der Waals surface area (Å²) in [5.74, 6) is 0.584. The predicted molar refractivity (Wildman–Crippen MR) is 103 cm³/mol. The van der Waals surface area contributed by atoms with Crippen molar-refractivity contribution in [3.8, 4) is 0 Å². The fourth-order valence-corrected chi connectivity index (χ4v) is 2.78. The van der Waals surface area contributed by atoms with Gasteiger partial charge in [-0.1, -0.05) is 45.9 Å². The lowest BCUT2D eigenvalue weighted by molar-refractivity contribution is 0.0944. The molecule has 0 aromatic heterocycles. The van der Waals surface area contributed by atoms with E-state index in [0.717, 1.165) is 18.5 Å². The summed E-state index contributed by atoms with van der Waals surface area (Å²) in [6.45, 7) is 14.8. The molecule has 3 heteroatoms. The van der Waals surface area contributed by atoms with Gasteiger partial charge in [0.1, 0.15) is 0 Å². The summed E-state index contributed by atoms with van der Waals surface area (Å²) in [7, 11) is 0. The minimum absolute atomic E-state index is 0.0518. The van der Waals surface area contributed by atoms with Crippen LogP contribution < -0.4 is 10.6 Å². The van der Waals surface area contributed by atoms with Crippen molar-refractivity contribution in [1.29, 1.82) is 0 Å². The summed E-state index contributed by atoms with van der Waals surface area (Å²) < 4.78 is 0. The van der Waals surface area contributed by atoms with Gasteiger partial charge in [0.15, 0.2) is 0 Å². The van der Waals surface area contributed by atoms with Gasteiger partial charge in [0.25, 0.3) is 5.91 Å². The third-order valence-corrected chi connectivity index (χ3v) is 4.16. The molecule has 1 aromatic rings. The molecule has 2 atom stereocenters. The molecule has 0 aliphatic carbocycles. The third-order valence-electron chi connectivity index (χ3n) is 4.16. The highest BCUT2D eigenvalue weighted by Crippen LogP contribution is 2.10. The van der Waals surface area contributed by atoms with Crippen LogP contribution in [0.3, 0.4) is 0 Å². The van der Waals surface area contributed by atoms with Gasteiger partial charge in [-0.05, 0) is 56.7 Å². The molecule has 0 heterocycles. The maximum absolute atomic E-state index is 12.4. The molecule has 0 radical (unpaired) electrons. The van der Waals surface area contributed by atoms with Crippen molar-refractivity contribution in [3.63, 3.8) is 0 Å². The van der Waals surface area contributed by atoms with Crippen LogP contribution in [0.1, 0.15) is 69.8 Å². The summed E-state index contributed by atoms with van der Waals surface area (Å²) in [4.78, 5) is 12.4. The van der Waals surface area contributed by atoms with Crippen molar-refractivity contribution in [2.75, 3.05) is 0 Å². The second-order valence-corrected chi connectivity index (χ2v) is 7.20. The molecule has 0 saturated carbocycles. The lowest BCUT2D eigenvalue weighted by atomic mass is 10.0. The monoisotopic (exact) mass is 330 g/mol. The van der Waals surface area contributed by atoms with Crippen LogP contribution in [0.15, 0.2) is 36.5 Å². The summed E-state index contributed by atoms with van der Waals surface area (Å²) in [5.41, 5.74) is 2.84. The molecule has 0 saturated heterocycles. The van der Waals surface area contributed by atoms with Crippen LogP contribution in [0.2, 0.25) is 0 Å². The first-order chi connectivity index (χ1) is 11.3. The Morgan fingerprint density at radius 2 is 1.71 bits per heavy atom. The fourth-order valence-electron chi connectivity index (χ4n) is 2.78. The van der Waals surface area contributed by atoms with Crippen molar-refractivity contribution in [3.05, 3.63) is 47.7 Å². The number of unbranched alkanes of at least 4 members (excludes halogenated alkanes) is 1. The van der Waals surface area contributed by atoms with E-state index >= 15 is 0 Å². The van der Waals surface area contributed by atoms with Crippen molar-refractivity contribution in [2.45, 2.75) is 72.4 Å². The molecule has 0 aliphatic heterocycles. The van der Waals surface area contributed by atoms with Gasteiger partial charge < -0.3 is 10.6 Å². The molecule has 0 aliphatic rings. The molecule has 24 heavy (non-hydrogen) atoms. The summed E-state index contributed by atoms with van der Waals surface area (Å²) in [5, 5.41) is 6.41. The van der Waals surface area contributed by atoms with Crippen LogP contribution in [0.4, 0.5) is 0 Å². The zero-order valence-corrected chi connectivity index (χ0v) is 16.0. The highest BCUT2D eigenvalue weighted by Gasteiger charge is 2.14. The largest absolute Gasteiger partial charge is 0.385 e. The maximum Gasteiger partial charge on any atom is 0.251 e. The molecule has 3 nitrogen and oxygen atoms in total. The van der Waals surface area contributed by atoms with Gasteiger partial charge in [0.2, 0.25) is 0 Å². The molecule has 1 aromatic carbocycles. The number of hydrogen-bond acceptors (Lipinski definition) is 2. The molecule has 1 unspecified atom stereocenters. The van der Waals surface area contributed by atoms with Gasteiger partial charge in [-0.25, -0.2) is 0 Å². The predicted octanol–water partition coefficient (Wildman–Crippen LogP) is 4.69. The quantitative estimate of drug-likeness (QED) is 0.653. The molecule has 134 valence electrons. The minimum atomic E-state index is -0.105. The second kappa shape index (κ2) is 10.2. The van der Waals surface area contributed by atoms with Gasteiger partial charge in [-0.15, -0.1) is 0 Å². The normalized spacial score (nSPS) is 13.4. The van der Waals surface area contributed by atoms with Crippen molar-refractivity contribution < 1.29 is 4.79 Å². The Hall–Kier alpha value is -1.77. The van der Waals surface area contributed by atoms with Crippen molar-refractivity contribution in [1.82, 2.24) is 10.6 Å². The van der Waals surface area contributed by atoms with E-state index in [1.54, 1.807) is 0 Å². The topological polar surface area (TPSA) is 41.1 Å². The van der Waals surface area contributed by atoms with Crippen LogP contribution >= 0.6 is 0 Å². The molecule has 0 spiro atoms. The Bertz CT molecular complexity index is 519. The average Bonchev–Trinajstić information content (AvgIpc) is 2.52. The fraction of sp³-hybridized carbons (Fsp3) is 0.571. The number of rotatable bonds is 10. The van der Waals surface area contributed by atoms with E-state index in [1.807, 2.05) is 31.2 Å². The van der Waals surface area contributed by atoms with Gasteiger partial charge >= 0.3 is 0 Å². The van der Waals surface area contributed by atoms with Gasteiger partial charge in [0, 0.05) is 17.3 Å². The molecule has 2 N–H and O–H groups in total. The van der Waals surface area contributed by atoms with Crippen molar-refractivity contribution in [2.24, 2.45) is 5.92 Å². The second-order valence-electron chi connectivity index (χ2n) is 7.20. The summed E-state index contributed by atoms with van der Waals surface area (Å²) in [6, 6.07) is 8.16. The Kier molecular flexibility index (Phi) is 8.59. The van der Waals surface area contributed by atoms with E-state index in [4.69, 9.17) is 0 Å². The Labute approximate surface area is 147 Å². The molecule has 0 bridgehead atoms. The summed E-state index contributed by atoms with van der Waals surface area (Å²) >= 11 is 0. The zero-order valence-electron chi connectivity index (χ0n) is 16.0. The molecule has 1 amide bonds. The minimum Gasteiger partial charge on any atom is -0.385 e. The lowest BCUT2D eigenvalue weighted by Crippen LogP contribution is -2.40. The number of aryl methyl sites for hydroxylation is 1. The zero-order chi connectivity index (χ0) is 18.1. The molecular formula is C21H34N2O. The van der Waals surface area contributed by atoms with E-state index in [2.05, 4.69) is 44.9 Å².